The SMILES string of the molecule is CCCCCCCCC/C=C/C/C=C/C/C=C/C/C=C/CCCC(=O)N[C@@H](COP(=O)(O)O)[C@H](O)CCCCCCCCCCCCCCCC. The maximum atomic E-state index is 12.6. The molecule has 0 saturated carbocycles. The molecule has 0 rings (SSSR count). The number of carbonyl (C=O) groups excluding carboxylic acids is 1. The minimum Gasteiger partial charge on any atom is -0.391 e. The number of hydrogen-bond acceptors (Lipinski definition) is 4. The number of rotatable bonds is 38. The van der Waals surface area contributed by atoms with Gasteiger partial charge in [0.2, 0.25) is 5.91 Å². The first kappa shape index (κ1) is 49.5. The minimum atomic E-state index is -4.71. The standard InChI is InChI=1S/C43H80NO6P/c1-3-5-7-9-11-13-15-17-19-20-21-22-23-24-25-27-29-31-33-35-37-39-43(46)44-41(40-50-51(47,48)49)42(45)38-36-34-32-30-28-26-18-16-14-12-10-8-6-4-2/h19-20,22-23,25,27,31,33,41-42,45H,3-18,21,24,26,28-30,32,34-40H2,1-2H3,(H,44,46)(H2,47,48,49)/b20-19+,23-22+,27-25+,33-31+/t41-,42+/m0/s1. The maximum Gasteiger partial charge on any atom is 0.469 e. The molecule has 0 bridgehead atoms. The molecule has 0 aliphatic heterocycles. The van der Waals surface area contributed by atoms with Gasteiger partial charge in [0.1, 0.15) is 0 Å². The van der Waals surface area contributed by atoms with E-state index in [1.54, 1.807) is 0 Å². The van der Waals surface area contributed by atoms with E-state index in [1.807, 2.05) is 0 Å². The lowest BCUT2D eigenvalue weighted by Crippen LogP contribution is -2.46. The molecular formula is C43H80NO6P. The molecule has 0 aromatic rings. The molecule has 298 valence electrons. The first-order chi connectivity index (χ1) is 24.8. The number of hydrogen-bond donors (Lipinski definition) is 4. The van der Waals surface area contributed by atoms with E-state index < -0.39 is 26.6 Å². The van der Waals surface area contributed by atoms with E-state index in [9.17, 15) is 14.5 Å². The number of aliphatic hydroxyl groups is 1. The monoisotopic (exact) mass is 738 g/mol. The number of carbonyl (C=O) groups is 1. The number of phosphoric acid groups is 1. The Bertz CT molecular complexity index is 927. The van der Waals surface area contributed by atoms with Crippen molar-refractivity contribution in [3.63, 3.8) is 0 Å². The highest BCUT2D eigenvalue weighted by molar-refractivity contribution is 7.46. The third-order valence-corrected chi connectivity index (χ3v) is 9.80. The van der Waals surface area contributed by atoms with Crippen molar-refractivity contribution in [3.8, 4) is 0 Å². The lowest BCUT2D eigenvalue weighted by molar-refractivity contribution is -0.123. The largest absolute Gasteiger partial charge is 0.469 e. The van der Waals surface area contributed by atoms with Gasteiger partial charge in [-0.1, -0.05) is 191 Å². The summed E-state index contributed by atoms with van der Waals surface area (Å²) in [5, 5.41) is 13.5. The molecule has 0 aliphatic carbocycles. The van der Waals surface area contributed by atoms with E-state index in [-0.39, 0.29) is 12.3 Å². The van der Waals surface area contributed by atoms with Gasteiger partial charge in [-0.05, 0) is 51.4 Å². The molecule has 0 saturated heterocycles. The maximum absolute atomic E-state index is 12.6. The molecule has 2 atom stereocenters. The Labute approximate surface area is 314 Å². The van der Waals surface area contributed by atoms with Crippen molar-refractivity contribution in [1.29, 1.82) is 0 Å². The molecule has 1 amide bonds. The van der Waals surface area contributed by atoms with E-state index in [2.05, 4.69) is 72.3 Å². The van der Waals surface area contributed by atoms with Crippen molar-refractivity contribution in [2.24, 2.45) is 0 Å². The number of unbranched alkanes of at least 4 members (excludes halogenated alkanes) is 21. The van der Waals surface area contributed by atoms with Gasteiger partial charge >= 0.3 is 7.82 Å². The van der Waals surface area contributed by atoms with Gasteiger partial charge in [0, 0.05) is 6.42 Å². The van der Waals surface area contributed by atoms with Crippen LogP contribution in [0.3, 0.4) is 0 Å². The Morgan fingerprint density at radius 3 is 1.37 bits per heavy atom. The fourth-order valence-electron chi connectivity index (χ4n) is 6.10. The molecule has 0 spiro atoms. The van der Waals surface area contributed by atoms with Crippen molar-refractivity contribution in [1.82, 2.24) is 5.32 Å². The van der Waals surface area contributed by atoms with Crippen LogP contribution in [0.4, 0.5) is 0 Å². The van der Waals surface area contributed by atoms with Crippen LogP contribution in [0.25, 0.3) is 0 Å². The van der Waals surface area contributed by atoms with Gasteiger partial charge < -0.3 is 20.2 Å². The Balaban J connectivity index is 4.04. The first-order valence-electron chi connectivity index (χ1n) is 21.1. The Morgan fingerprint density at radius 1 is 0.569 bits per heavy atom. The third kappa shape index (κ3) is 39.5. The molecule has 0 fully saturated rings. The van der Waals surface area contributed by atoms with Crippen LogP contribution in [-0.4, -0.2) is 39.6 Å². The van der Waals surface area contributed by atoms with Crippen molar-refractivity contribution < 1.29 is 28.8 Å². The zero-order valence-electron chi connectivity index (χ0n) is 33.0. The third-order valence-electron chi connectivity index (χ3n) is 9.32. The summed E-state index contributed by atoms with van der Waals surface area (Å²) in [6.07, 6.45) is 49.6. The Kier molecular flexibility index (Phi) is 37.1. The summed E-state index contributed by atoms with van der Waals surface area (Å²) in [5.41, 5.74) is 0. The van der Waals surface area contributed by atoms with Gasteiger partial charge in [-0.15, -0.1) is 0 Å². The highest BCUT2D eigenvalue weighted by atomic mass is 31.2. The second-order valence-electron chi connectivity index (χ2n) is 14.3. The summed E-state index contributed by atoms with van der Waals surface area (Å²) >= 11 is 0. The number of nitrogens with one attached hydrogen (secondary N) is 1. The van der Waals surface area contributed by atoms with Gasteiger partial charge in [0.25, 0.3) is 0 Å². The molecule has 0 unspecified atom stereocenters. The van der Waals surface area contributed by atoms with Gasteiger partial charge in [-0.2, -0.15) is 0 Å². The summed E-state index contributed by atoms with van der Waals surface area (Å²) in [5.74, 6) is -0.248. The molecule has 0 aromatic heterocycles. The average Bonchev–Trinajstić information content (AvgIpc) is 3.10. The van der Waals surface area contributed by atoms with Gasteiger partial charge in [-0.3, -0.25) is 9.32 Å². The van der Waals surface area contributed by atoms with E-state index in [1.165, 1.54) is 122 Å². The number of phosphoric ester groups is 1. The van der Waals surface area contributed by atoms with Gasteiger partial charge in [0.15, 0.2) is 0 Å². The molecular weight excluding hydrogens is 657 g/mol. The molecule has 7 nitrogen and oxygen atoms in total. The normalized spacial score (nSPS) is 13.7. The molecule has 4 N–H and O–H groups in total. The van der Waals surface area contributed by atoms with E-state index in [0.717, 1.165) is 44.9 Å². The van der Waals surface area contributed by atoms with Crippen LogP contribution >= 0.6 is 7.82 Å². The Morgan fingerprint density at radius 2 is 0.941 bits per heavy atom. The first-order valence-corrected chi connectivity index (χ1v) is 22.6. The summed E-state index contributed by atoms with van der Waals surface area (Å²) in [4.78, 5) is 30.9. The van der Waals surface area contributed by atoms with Crippen LogP contribution in [0.5, 0.6) is 0 Å². The zero-order chi connectivity index (χ0) is 37.5. The fraction of sp³-hybridized carbons (Fsp3) is 0.791. The van der Waals surface area contributed by atoms with Crippen LogP contribution in [0.15, 0.2) is 48.6 Å². The van der Waals surface area contributed by atoms with Crippen molar-refractivity contribution in [2.75, 3.05) is 6.61 Å². The predicted octanol–water partition coefficient (Wildman–Crippen LogP) is 12.5. The van der Waals surface area contributed by atoms with Crippen molar-refractivity contribution >= 4 is 13.7 Å². The molecule has 0 heterocycles. The molecule has 51 heavy (non-hydrogen) atoms. The van der Waals surface area contributed by atoms with Gasteiger partial charge in [0.05, 0.1) is 18.8 Å². The Hall–Kier alpha value is -1.50. The van der Waals surface area contributed by atoms with Crippen molar-refractivity contribution in [2.45, 2.75) is 212 Å². The molecule has 0 aliphatic rings. The van der Waals surface area contributed by atoms with Crippen molar-refractivity contribution in [3.05, 3.63) is 48.6 Å². The topological polar surface area (TPSA) is 116 Å². The minimum absolute atomic E-state index is 0.248. The van der Waals surface area contributed by atoms with Crippen LogP contribution in [0.1, 0.15) is 200 Å². The second kappa shape index (κ2) is 38.2. The average molecular weight is 738 g/mol. The summed E-state index contributed by atoms with van der Waals surface area (Å²) in [7, 11) is -4.71. The lowest BCUT2D eigenvalue weighted by atomic mass is 10.0. The second-order valence-corrected chi connectivity index (χ2v) is 15.5. The summed E-state index contributed by atoms with van der Waals surface area (Å²) in [6, 6.07) is -0.854. The van der Waals surface area contributed by atoms with Crippen LogP contribution in [-0.2, 0) is 13.9 Å². The summed E-state index contributed by atoms with van der Waals surface area (Å²) < 4.78 is 15.9. The predicted molar refractivity (Wildman–Crippen MR) is 218 cm³/mol. The van der Waals surface area contributed by atoms with E-state index in [0.29, 0.717) is 12.8 Å². The highest BCUT2D eigenvalue weighted by Crippen LogP contribution is 2.36. The zero-order valence-corrected chi connectivity index (χ0v) is 33.9. The van der Waals surface area contributed by atoms with Crippen LogP contribution < -0.4 is 5.32 Å². The smallest absolute Gasteiger partial charge is 0.391 e. The van der Waals surface area contributed by atoms with Gasteiger partial charge in [-0.25, -0.2) is 4.57 Å². The molecule has 8 heteroatoms. The summed E-state index contributed by atoms with van der Waals surface area (Å²) in [6.45, 7) is 4.09. The number of aliphatic hydroxyl groups excluding tert-OH is 1. The quantitative estimate of drug-likeness (QED) is 0.0285. The number of allylic oxidation sites excluding steroid dienone is 8. The molecule has 0 radical (unpaired) electrons. The molecule has 0 aromatic carbocycles. The fourth-order valence-corrected chi connectivity index (χ4v) is 6.46. The lowest BCUT2D eigenvalue weighted by Gasteiger charge is -2.24. The van der Waals surface area contributed by atoms with Crippen LogP contribution in [0, 0.1) is 0 Å². The van der Waals surface area contributed by atoms with E-state index in [4.69, 9.17) is 9.79 Å². The number of amides is 1. The van der Waals surface area contributed by atoms with E-state index >= 15 is 0 Å². The highest BCUT2D eigenvalue weighted by Gasteiger charge is 2.25. The van der Waals surface area contributed by atoms with Crippen LogP contribution in [0.2, 0.25) is 0 Å².